The minimum absolute atomic E-state index is 0.416. The maximum absolute atomic E-state index is 4.41. The van der Waals surface area contributed by atoms with E-state index >= 15 is 0 Å². The number of hydrogen-bond donors (Lipinski definition) is 0. The summed E-state index contributed by atoms with van der Waals surface area (Å²) in [6, 6.07) is 2.46. The molecule has 0 saturated heterocycles. The molecule has 0 amide bonds. The first-order valence-electron chi connectivity index (χ1n) is 5.04. The highest BCUT2D eigenvalue weighted by atomic mass is 15.1. The van der Waals surface area contributed by atoms with Crippen LogP contribution in [0.5, 0.6) is 0 Å². The lowest BCUT2D eigenvalue weighted by Gasteiger charge is -2.06. The lowest BCUT2D eigenvalue weighted by Crippen LogP contribution is -1.99. The summed E-state index contributed by atoms with van der Waals surface area (Å²) in [4.78, 5) is 8.78. The average Bonchev–Trinajstić information content (AvgIpc) is 2.60. The van der Waals surface area contributed by atoms with E-state index < -0.39 is 0 Å². The van der Waals surface area contributed by atoms with Crippen LogP contribution in [-0.4, -0.2) is 14.5 Å². The van der Waals surface area contributed by atoms with Gasteiger partial charge in [0.25, 0.3) is 0 Å². The van der Waals surface area contributed by atoms with E-state index in [4.69, 9.17) is 0 Å². The van der Waals surface area contributed by atoms with Crippen LogP contribution in [0.3, 0.4) is 0 Å². The van der Waals surface area contributed by atoms with Crippen molar-refractivity contribution in [1.29, 1.82) is 0 Å². The van der Waals surface area contributed by atoms with E-state index in [0.29, 0.717) is 6.04 Å². The summed E-state index contributed by atoms with van der Waals surface area (Å²) < 4.78 is 2.11. The van der Waals surface area contributed by atoms with Crippen molar-refractivity contribution in [2.24, 2.45) is 0 Å². The van der Waals surface area contributed by atoms with Crippen LogP contribution < -0.4 is 0 Å². The standard InChI is InChI=1S/C11H15N3/c1-4-9-5-6-12-11-10(9)13-7-14(11)8(2)3/h5-8H,4H2,1-3H3. The summed E-state index contributed by atoms with van der Waals surface area (Å²) in [7, 11) is 0. The third kappa shape index (κ3) is 1.29. The monoisotopic (exact) mass is 189 g/mol. The van der Waals surface area contributed by atoms with E-state index in [0.717, 1.165) is 17.6 Å². The molecule has 0 fully saturated rings. The summed E-state index contributed by atoms with van der Waals surface area (Å²) in [5.74, 6) is 0. The second kappa shape index (κ2) is 3.40. The molecule has 0 N–H and O–H groups in total. The summed E-state index contributed by atoms with van der Waals surface area (Å²) in [5, 5.41) is 0. The molecule has 74 valence electrons. The highest BCUT2D eigenvalue weighted by Gasteiger charge is 2.08. The Morgan fingerprint density at radius 2 is 2.14 bits per heavy atom. The van der Waals surface area contributed by atoms with Crippen molar-refractivity contribution in [3.05, 3.63) is 24.2 Å². The maximum atomic E-state index is 4.41. The first kappa shape index (κ1) is 9.19. The van der Waals surface area contributed by atoms with Crippen molar-refractivity contribution >= 4 is 11.2 Å². The number of fused-ring (bicyclic) bond motifs is 1. The fourth-order valence-corrected chi connectivity index (χ4v) is 1.65. The van der Waals surface area contributed by atoms with Gasteiger partial charge in [0.2, 0.25) is 0 Å². The molecule has 0 aliphatic carbocycles. The molecule has 0 spiro atoms. The van der Waals surface area contributed by atoms with E-state index in [1.165, 1.54) is 5.56 Å². The smallest absolute Gasteiger partial charge is 0.160 e. The number of aryl methyl sites for hydroxylation is 1. The Balaban J connectivity index is 2.69. The molecule has 0 radical (unpaired) electrons. The van der Waals surface area contributed by atoms with E-state index in [1.54, 1.807) is 0 Å². The normalized spacial score (nSPS) is 11.4. The maximum Gasteiger partial charge on any atom is 0.160 e. The molecule has 0 aliphatic heterocycles. The molecule has 2 aromatic heterocycles. The summed E-state index contributed by atoms with van der Waals surface area (Å²) in [6.07, 6.45) is 4.75. The minimum Gasteiger partial charge on any atom is -0.313 e. The quantitative estimate of drug-likeness (QED) is 0.727. The van der Waals surface area contributed by atoms with Gasteiger partial charge in [-0.3, -0.25) is 0 Å². The van der Waals surface area contributed by atoms with Crippen LogP contribution in [0.4, 0.5) is 0 Å². The highest BCUT2D eigenvalue weighted by Crippen LogP contribution is 2.18. The molecule has 0 aromatic carbocycles. The van der Waals surface area contributed by atoms with Crippen molar-refractivity contribution < 1.29 is 0 Å². The van der Waals surface area contributed by atoms with Gasteiger partial charge in [0.05, 0.1) is 6.33 Å². The number of nitrogens with zero attached hydrogens (tertiary/aromatic N) is 3. The third-order valence-corrected chi connectivity index (χ3v) is 2.48. The van der Waals surface area contributed by atoms with Crippen molar-refractivity contribution in [2.45, 2.75) is 33.2 Å². The number of hydrogen-bond acceptors (Lipinski definition) is 2. The van der Waals surface area contributed by atoms with Gasteiger partial charge >= 0.3 is 0 Å². The molecular weight excluding hydrogens is 174 g/mol. The van der Waals surface area contributed by atoms with Gasteiger partial charge in [0.1, 0.15) is 5.52 Å². The van der Waals surface area contributed by atoms with Gasteiger partial charge in [-0.2, -0.15) is 0 Å². The van der Waals surface area contributed by atoms with Gasteiger partial charge in [0, 0.05) is 12.2 Å². The second-order valence-corrected chi connectivity index (χ2v) is 3.74. The molecule has 0 aliphatic rings. The molecule has 2 heterocycles. The average molecular weight is 189 g/mol. The number of aromatic nitrogens is 3. The van der Waals surface area contributed by atoms with Gasteiger partial charge in [-0.15, -0.1) is 0 Å². The van der Waals surface area contributed by atoms with Crippen LogP contribution in [0.15, 0.2) is 18.6 Å². The second-order valence-electron chi connectivity index (χ2n) is 3.74. The van der Waals surface area contributed by atoms with Gasteiger partial charge in [-0.05, 0) is 31.9 Å². The Kier molecular flexibility index (Phi) is 2.23. The van der Waals surface area contributed by atoms with Crippen LogP contribution in [0.25, 0.3) is 11.2 Å². The first-order valence-corrected chi connectivity index (χ1v) is 5.04. The predicted octanol–water partition coefficient (Wildman–Crippen LogP) is 2.57. The first-order chi connectivity index (χ1) is 6.74. The van der Waals surface area contributed by atoms with E-state index in [9.17, 15) is 0 Å². The van der Waals surface area contributed by atoms with E-state index in [-0.39, 0.29) is 0 Å². The van der Waals surface area contributed by atoms with E-state index in [2.05, 4.69) is 35.3 Å². The minimum atomic E-state index is 0.416. The highest BCUT2D eigenvalue weighted by molar-refractivity contribution is 5.74. The SMILES string of the molecule is CCc1ccnc2c1ncn2C(C)C. The van der Waals surface area contributed by atoms with Gasteiger partial charge in [0.15, 0.2) is 5.65 Å². The molecule has 0 saturated carbocycles. The van der Waals surface area contributed by atoms with Crippen LogP contribution in [-0.2, 0) is 6.42 Å². The van der Waals surface area contributed by atoms with Crippen molar-refractivity contribution in [2.75, 3.05) is 0 Å². The topological polar surface area (TPSA) is 30.7 Å². The lowest BCUT2D eigenvalue weighted by molar-refractivity contribution is 0.613. The summed E-state index contributed by atoms with van der Waals surface area (Å²) >= 11 is 0. The molecule has 0 bridgehead atoms. The summed E-state index contributed by atoms with van der Waals surface area (Å²) in [5.41, 5.74) is 3.32. The van der Waals surface area contributed by atoms with Crippen molar-refractivity contribution in [3.63, 3.8) is 0 Å². The fraction of sp³-hybridized carbons (Fsp3) is 0.455. The Hall–Kier alpha value is -1.38. The number of pyridine rings is 1. The van der Waals surface area contributed by atoms with Gasteiger partial charge < -0.3 is 4.57 Å². The Morgan fingerprint density at radius 1 is 1.36 bits per heavy atom. The van der Waals surface area contributed by atoms with Crippen LogP contribution >= 0.6 is 0 Å². The fourth-order valence-electron chi connectivity index (χ4n) is 1.65. The van der Waals surface area contributed by atoms with Crippen LogP contribution in [0, 0.1) is 0 Å². The summed E-state index contributed by atoms with van der Waals surface area (Å²) in [6.45, 7) is 6.42. The molecule has 3 nitrogen and oxygen atoms in total. The Bertz CT molecular complexity index is 443. The van der Waals surface area contributed by atoms with Crippen LogP contribution in [0.1, 0.15) is 32.4 Å². The van der Waals surface area contributed by atoms with Gasteiger partial charge in [-0.25, -0.2) is 9.97 Å². The predicted molar refractivity (Wildman–Crippen MR) is 57.3 cm³/mol. The molecule has 2 rings (SSSR count). The lowest BCUT2D eigenvalue weighted by atomic mass is 10.2. The zero-order valence-electron chi connectivity index (χ0n) is 8.86. The van der Waals surface area contributed by atoms with Gasteiger partial charge in [-0.1, -0.05) is 6.92 Å². The molecule has 3 heteroatoms. The van der Waals surface area contributed by atoms with Crippen LogP contribution in [0.2, 0.25) is 0 Å². The number of rotatable bonds is 2. The van der Waals surface area contributed by atoms with Crippen molar-refractivity contribution in [3.8, 4) is 0 Å². The molecule has 14 heavy (non-hydrogen) atoms. The Labute approximate surface area is 83.8 Å². The third-order valence-electron chi connectivity index (χ3n) is 2.48. The zero-order valence-corrected chi connectivity index (χ0v) is 8.86. The largest absolute Gasteiger partial charge is 0.313 e. The molecule has 0 unspecified atom stereocenters. The van der Waals surface area contributed by atoms with E-state index in [1.807, 2.05) is 18.6 Å². The number of imidazole rings is 1. The zero-order chi connectivity index (χ0) is 10.1. The van der Waals surface area contributed by atoms with Crippen molar-refractivity contribution in [1.82, 2.24) is 14.5 Å². The Morgan fingerprint density at radius 3 is 2.79 bits per heavy atom. The molecular formula is C11H15N3. The molecule has 2 aromatic rings. The molecule has 0 atom stereocenters.